The Labute approximate surface area is 116 Å². The average Bonchev–Trinajstić information content (AvgIpc) is 2.65. The molecule has 6 heteroatoms. The zero-order valence-corrected chi connectivity index (χ0v) is 11.9. The molecule has 0 radical (unpaired) electrons. The molecule has 0 aliphatic rings. The van der Waals surface area contributed by atoms with E-state index in [2.05, 4.69) is 5.32 Å². The quantitative estimate of drug-likeness (QED) is 0.828. The van der Waals surface area contributed by atoms with Crippen LogP contribution in [0.25, 0.3) is 11.1 Å². The summed E-state index contributed by atoms with van der Waals surface area (Å²) in [6.07, 6.45) is 0.798. The Morgan fingerprint density at radius 1 is 1.45 bits per heavy atom. The molecule has 0 atom stereocenters. The Morgan fingerprint density at radius 2 is 2.15 bits per heavy atom. The number of carbonyl (C=O) groups is 1. The van der Waals surface area contributed by atoms with E-state index in [9.17, 15) is 9.59 Å². The van der Waals surface area contributed by atoms with Gasteiger partial charge in [0.05, 0.1) is 5.52 Å². The van der Waals surface area contributed by atoms with E-state index in [1.807, 2.05) is 20.8 Å². The van der Waals surface area contributed by atoms with Gasteiger partial charge in [-0.2, -0.15) is 0 Å². The molecule has 2 rings (SSSR count). The molecule has 0 saturated carbocycles. The number of carbonyl (C=O) groups excluding carboxylic acids is 1. The van der Waals surface area contributed by atoms with Crippen molar-refractivity contribution in [2.75, 3.05) is 5.73 Å². The first kappa shape index (κ1) is 14.2. The van der Waals surface area contributed by atoms with Crippen LogP contribution in [-0.2, 0) is 11.3 Å². The van der Waals surface area contributed by atoms with Crippen LogP contribution in [0, 0.1) is 0 Å². The molecule has 108 valence electrons. The van der Waals surface area contributed by atoms with Crippen molar-refractivity contribution in [3.8, 4) is 0 Å². The van der Waals surface area contributed by atoms with Gasteiger partial charge in [0.15, 0.2) is 5.58 Å². The van der Waals surface area contributed by atoms with Crippen molar-refractivity contribution in [3.63, 3.8) is 0 Å². The lowest BCUT2D eigenvalue weighted by Crippen LogP contribution is -2.44. The third-order valence-electron chi connectivity index (χ3n) is 3.35. The van der Waals surface area contributed by atoms with Gasteiger partial charge in [0.25, 0.3) is 0 Å². The fourth-order valence-electron chi connectivity index (χ4n) is 1.88. The number of fused-ring (bicyclic) bond motifs is 1. The minimum absolute atomic E-state index is 0.0846. The van der Waals surface area contributed by atoms with Crippen LogP contribution in [0.3, 0.4) is 0 Å². The van der Waals surface area contributed by atoms with Gasteiger partial charge in [0, 0.05) is 11.2 Å². The summed E-state index contributed by atoms with van der Waals surface area (Å²) in [4.78, 5) is 23.8. The van der Waals surface area contributed by atoms with E-state index in [0.29, 0.717) is 16.8 Å². The van der Waals surface area contributed by atoms with E-state index >= 15 is 0 Å². The van der Waals surface area contributed by atoms with Crippen LogP contribution in [0.5, 0.6) is 0 Å². The van der Waals surface area contributed by atoms with Gasteiger partial charge in [0.1, 0.15) is 6.54 Å². The van der Waals surface area contributed by atoms with Crippen molar-refractivity contribution in [1.82, 2.24) is 9.88 Å². The fraction of sp³-hybridized carbons (Fsp3) is 0.429. The van der Waals surface area contributed by atoms with Gasteiger partial charge in [-0.25, -0.2) is 4.79 Å². The lowest BCUT2D eigenvalue weighted by atomic mass is 10.0. The van der Waals surface area contributed by atoms with Gasteiger partial charge in [0.2, 0.25) is 5.91 Å². The van der Waals surface area contributed by atoms with Crippen molar-refractivity contribution in [2.45, 2.75) is 39.3 Å². The first-order valence-electron chi connectivity index (χ1n) is 6.52. The highest BCUT2D eigenvalue weighted by atomic mass is 16.4. The van der Waals surface area contributed by atoms with Crippen LogP contribution in [0.4, 0.5) is 5.69 Å². The van der Waals surface area contributed by atoms with Crippen LogP contribution in [-0.4, -0.2) is 16.0 Å². The lowest BCUT2D eigenvalue weighted by Gasteiger charge is -2.24. The summed E-state index contributed by atoms with van der Waals surface area (Å²) in [7, 11) is 0. The summed E-state index contributed by atoms with van der Waals surface area (Å²) >= 11 is 0. The molecular weight excluding hydrogens is 258 g/mol. The van der Waals surface area contributed by atoms with Gasteiger partial charge in [-0.15, -0.1) is 0 Å². The fourth-order valence-corrected chi connectivity index (χ4v) is 1.88. The third-order valence-corrected chi connectivity index (χ3v) is 3.35. The van der Waals surface area contributed by atoms with E-state index in [4.69, 9.17) is 10.2 Å². The highest BCUT2D eigenvalue weighted by Gasteiger charge is 2.19. The van der Waals surface area contributed by atoms with E-state index in [1.54, 1.807) is 18.2 Å². The van der Waals surface area contributed by atoms with E-state index < -0.39 is 5.76 Å². The number of nitrogen functional groups attached to an aromatic ring is 1. The Kier molecular flexibility index (Phi) is 3.57. The van der Waals surface area contributed by atoms with Gasteiger partial charge < -0.3 is 15.5 Å². The largest absolute Gasteiger partial charge is 0.420 e. The second-order valence-electron chi connectivity index (χ2n) is 5.47. The van der Waals surface area contributed by atoms with Crippen LogP contribution < -0.4 is 16.8 Å². The first-order valence-corrected chi connectivity index (χ1v) is 6.52. The monoisotopic (exact) mass is 277 g/mol. The Morgan fingerprint density at radius 3 is 2.80 bits per heavy atom. The van der Waals surface area contributed by atoms with Crippen LogP contribution in [0.15, 0.2) is 27.4 Å². The molecule has 1 amide bonds. The topological polar surface area (TPSA) is 90.3 Å². The smallest absolute Gasteiger partial charge is 0.408 e. The number of hydrogen-bond acceptors (Lipinski definition) is 4. The highest BCUT2D eigenvalue weighted by Crippen LogP contribution is 2.16. The standard InChI is InChI=1S/C14H19N3O3/c1-4-14(2,3)16-12(18)8-17-10-7-9(15)5-6-11(10)20-13(17)19/h5-7H,4,8,15H2,1-3H3,(H,16,18). The van der Waals surface area contributed by atoms with E-state index in [0.717, 1.165) is 6.42 Å². The number of benzene rings is 1. The number of nitrogens with two attached hydrogens (primary N) is 1. The molecule has 0 saturated heterocycles. The second kappa shape index (κ2) is 5.03. The maximum atomic E-state index is 12.0. The van der Waals surface area contributed by atoms with Crippen LogP contribution in [0.2, 0.25) is 0 Å². The number of nitrogens with zero attached hydrogens (tertiary/aromatic N) is 1. The molecule has 1 aromatic heterocycles. The van der Waals surface area contributed by atoms with E-state index in [-0.39, 0.29) is 18.0 Å². The van der Waals surface area contributed by atoms with Crippen LogP contribution >= 0.6 is 0 Å². The summed E-state index contributed by atoms with van der Waals surface area (Å²) in [6, 6.07) is 4.89. The van der Waals surface area contributed by atoms with Crippen molar-refractivity contribution >= 4 is 22.7 Å². The maximum Gasteiger partial charge on any atom is 0.420 e. The van der Waals surface area contributed by atoms with E-state index in [1.165, 1.54) is 4.57 Å². The molecule has 0 spiro atoms. The highest BCUT2D eigenvalue weighted by molar-refractivity contribution is 5.81. The molecule has 6 nitrogen and oxygen atoms in total. The SMILES string of the molecule is CCC(C)(C)NC(=O)Cn1c(=O)oc2ccc(N)cc21. The average molecular weight is 277 g/mol. The van der Waals surface area contributed by atoms with Crippen molar-refractivity contribution < 1.29 is 9.21 Å². The minimum atomic E-state index is -0.560. The lowest BCUT2D eigenvalue weighted by molar-refractivity contribution is -0.123. The van der Waals surface area contributed by atoms with Gasteiger partial charge in [-0.05, 0) is 38.5 Å². The first-order chi connectivity index (χ1) is 9.32. The molecule has 20 heavy (non-hydrogen) atoms. The number of aromatic nitrogens is 1. The molecule has 1 aromatic carbocycles. The Bertz CT molecular complexity index is 697. The van der Waals surface area contributed by atoms with Gasteiger partial charge in [-0.3, -0.25) is 9.36 Å². The molecule has 1 heterocycles. The third kappa shape index (κ3) is 2.84. The van der Waals surface area contributed by atoms with Crippen molar-refractivity contribution in [1.29, 1.82) is 0 Å². The number of nitrogens with one attached hydrogen (secondary N) is 1. The predicted molar refractivity (Wildman–Crippen MR) is 77.4 cm³/mol. The summed E-state index contributed by atoms with van der Waals surface area (Å²) < 4.78 is 6.37. The van der Waals surface area contributed by atoms with Gasteiger partial charge in [-0.1, -0.05) is 6.92 Å². The molecule has 0 fully saturated rings. The molecule has 2 aromatic rings. The van der Waals surface area contributed by atoms with Crippen molar-refractivity contribution in [2.24, 2.45) is 0 Å². The number of amides is 1. The number of oxazole rings is 1. The molecular formula is C14H19N3O3. The maximum absolute atomic E-state index is 12.0. The molecule has 0 aliphatic carbocycles. The zero-order chi connectivity index (χ0) is 14.9. The van der Waals surface area contributed by atoms with Crippen molar-refractivity contribution in [3.05, 3.63) is 28.7 Å². The number of rotatable bonds is 4. The summed E-state index contributed by atoms with van der Waals surface area (Å²) in [5.41, 5.74) is 6.86. The zero-order valence-electron chi connectivity index (χ0n) is 11.9. The molecule has 3 N–H and O–H groups in total. The summed E-state index contributed by atoms with van der Waals surface area (Å²) in [5.74, 6) is -0.792. The Balaban J connectivity index is 2.30. The predicted octanol–water partition coefficient (Wildman–Crippen LogP) is 1.48. The second-order valence-corrected chi connectivity index (χ2v) is 5.47. The molecule has 0 unspecified atom stereocenters. The normalized spacial score (nSPS) is 11.8. The van der Waals surface area contributed by atoms with Crippen LogP contribution in [0.1, 0.15) is 27.2 Å². The summed E-state index contributed by atoms with van der Waals surface area (Å²) in [6.45, 7) is 5.76. The minimum Gasteiger partial charge on any atom is -0.408 e. The van der Waals surface area contributed by atoms with Gasteiger partial charge >= 0.3 is 5.76 Å². The Hall–Kier alpha value is -2.24. The molecule has 0 bridgehead atoms. The number of anilines is 1. The number of hydrogen-bond donors (Lipinski definition) is 2. The summed E-state index contributed by atoms with van der Waals surface area (Å²) in [5, 5.41) is 2.88. The molecule has 0 aliphatic heterocycles.